The van der Waals surface area contributed by atoms with Gasteiger partial charge in [0.1, 0.15) is 0 Å². The first-order valence-electron chi connectivity index (χ1n) is 3.93. The molecular formula is C8H9N5. The van der Waals surface area contributed by atoms with Gasteiger partial charge in [-0.25, -0.2) is 0 Å². The molecule has 0 aliphatic carbocycles. The van der Waals surface area contributed by atoms with Gasteiger partial charge in [-0.1, -0.05) is 0 Å². The van der Waals surface area contributed by atoms with Crippen LogP contribution in [0.25, 0.3) is 0 Å². The Morgan fingerprint density at radius 1 is 1.31 bits per heavy atom. The summed E-state index contributed by atoms with van der Waals surface area (Å²) >= 11 is 0. The largest absolute Gasteiger partial charge is 0.377 e. The first kappa shape index (κ1) is 7.72. The summed E-state index contributed by atoms with van der Waals surface area (Å²) in [5, 5.41) is 9.67. The summed E-state index contributed by atoms with van der Waals surface area (Å²) in [4.78, 5) is 8.08. The minimum Gasteiger partial charge on any atom is -0.377 e. The molecule has 2 aromatic rings. The van der Waals surface area contributed by atoms with Crippen molar-refractivity contribution in [3.63, 3.8) is 0 Å². The van der Waals surface area contributed by atoms with Crippen molar-refractivity contribution < 1.29 is 0 Å². The van der Waals surface area contributed by atoms with Crippen molar-refractivity contribution in [2.45, 2.75) is 6.54 Å². The fourth-order valence-corrected chi connectivity index (χ4v) is 0.961. The minimum atomic E-state index is 0.660. The average molecular weight is 175 g/mol. The first-order valence-corrected chi connectivity index (χ1v) is 3.93. The zero-order valence-corrected chi connectivity index (χ0v) is 6.94. The molecule has 0 fully saturated rings. The van der Waals surface area contributed by atoms with Crippen LogP contribution in [0.1, 0.15) is 5.69 Å². The summed E-state index contributed by atoms with van der Waals surface area (Å²) in [5.74, 6) is 0. The third-order valence-electron chi connectivity index (χ3n) is 1.59. The maximum atomic E-state index is 4.12. The monoisotopic (exact) mass is 175 g/mol. The Hall–Kier alpha value is -1.91. The molecule has 0 bridgehead atoms. The fraction of sp³-hybridized carbons (Fsp3) is 0.125. The zero-order valence-electron chi connectivity index (χ0n) is 6.94. The molecule has 0 radical (unpaired) electrons. The average Bonchev–Trinajstić information content (AvgIpc) is 2.69. The van der Waals surface area contributed by atoms with Crippen molar-refractivity contribution in [2.75, 3.05) is 5.32 Å². The molecule has 0 aromatic carbocycles. The normalized spacial score (nSPS) is 9.85. The van der Waals surface area contributed by atoms with Crippen LogP contribution >= 0.6 is 0 Å². The van der Waals surface area contributed by atoms with Gasteiger partial charge in [0.2, 0.25) is 0 Å². The molecule has 0 unspecified atom stereocenters. The zero-order chi connectivity index (χ0) is 8.93. The number of aromatic amines is 1. The second-order valence-corrected chi connectivity index (χ2v) is 2.54. The Balaban J connectivity index is 1.94. The molecule has 5 heteroatoms. The van der Waals surface area contributed by atoms with Crippen LogP contribution in [0.15, 0.2) is 31.0 Å². The maximum absolute atomic E-state index is 4.12. The van der Waals surface area contributed by atoms with Crippen molar-refractivity contribution in [1.29, 1.82) is 0 Å². The topological polar surface area (TPSA) is 66.5 Å². The quantitative estimate of drug-likeness (QED) is 0.724. The highest BCUT2D eigenvalue weighted by Crippen LogP contribution is 2.02. The summed E-state index contributed by atoms with van der Waals surface area (Å²) < 4.78 is 0. The van der Waals surface area contributed by atoms with E-state index in [0.29, 0.717) is 6.54 Å². The van der Waals surface area contributed by atoms with Crippen LogP contribution in [0.4, 0.5) is 5.69 Å². The number of nitrogens with zero attached hydrogens (tertiary/aromatic N) is 3. The lowest BCUT2D eigenvalue weighted by molar-refractivity contribution is 1.01. The van der Waals surface area contributed by atoms with Crippen molar-refractivity contribution in [3.8, 4) is 0 Å². The van der Waals surface area contributed by atoms with Crippen LogP contribution < -0.4 is 5.32 Å². The van der Waals surface area contributed by atoms with Gasteiger partial charge in [0, 0.05) is 18.6 Å². The van der Waals surface area contributed by atoms with Gasteiger partial charge in [-0.2, -0.15) is 5.10 Å². The number of anilines is 1. The van der Waals surface area contributed by atoms with Gasteiger partial charge >= 0.3 is 0 Å². The molecule has 0 atom stereocenters. The highest BCUT2D eigenvalue weighted by molar-refractivity contribution is 5.37. The molecule has 66 valence electrons. The number of hydrogen-bond acceptors (Lipinski definition) is 4. The highest BCUT2D eigenvalue weighted by Gasteiger charge is 1.94. The molecule has 13 heavy (non-hydrogen) atoms. The van der Waals surface area contributed by atoms with E-state index < -0.39 is 0 Å². The lowest BCUT2D eigenvalue weighted by Gasteiger charge is -2.00. The minimum absolute atomic E-state index is 0.660. The molecule has 2 heterocycles. The van der Waals surface area contributed by atoms with Crippen molar-refractivity contribution in [2.24, 2.45) is 0 Å². The number of H-pyrrole nitrogens is 1. The van der Waals surface area contributed by atoms with Crippen LogP contribution in [0, 0.1) is 0 Å². The Bertz CT molecular complexity index is 342. The maximum Gasteiger partial charge on any atom is 0.0777 e. The molecule has 2 rings (SSSR count). The van der Waals surface area contributed by atoms with Gasteiger partial charge in [-0.05, 0) is 0 Å². The summed E-state index contributed by atoms with van der Waals surface area (Å²) in [6.07, 6.45) is 8.56. The molecule has 0 spiro atoms. The molecule has 2 aromatic heterocycles. The number of rotatable bonds is 3. The van der Waals surface area contributed by atoms with Gasteiger partial charge in [0.15, 0.2) is 0 Å². The third kappa shape index (κ3) is 2.02. The molecule has 0 amide bonds. The number of nitrogens with one attached hydrogen (secondary N) is 2. The van der Waals surface area contributed by atoms with Gasteiger partial charge in [-0.3, -0.25) is 15.1 Å². The lowest BCUT2D eigenvalue weighted by Crippen LogP contribution is -2.00. The first-order chi connectivity index (χ1) is 6.45. The third-order valence-corrected chi connectivity index (χ3v) is 1.59. The summed E-state index contributed by atoms with van der Waals surface area (Å²) in [6.45, 7) is 0.660. The van der Waals surface area contributed by atoms with E-state index in [0.717, 1.165) is 11.4 Å². The standard InChI is InChI=1S/C8H9N5/c1-2-10-7(3-9-1)4-11-8-5-12-13-6-8/h1-3,5-6,11H,4H2,(H,12,13). The molecule has 0 saturated heterocycles. The van der Waals surface area contributed by atoms with E-state index in [-0.39, 0.29) is 0 Å². The van der Waals surface area contributed by atoms with Gasteiger partial charge in [0.05, 0.1) is 30.3 Å². The van der Waals surface area contributed by atoms with Crippen LogP contribution in [-0.2, 0) is 6.54 Å². The molecule has 5 nitrogen and oxygen atoms in total. The second-order valence-electron chi connectivity index (χ2n) is 2.54. The van der Waals surface area contributed by atoms with Crippen LogP contribution in [-0.4, -0.2) is 20.2 Å². The second kappa shape index (κ2) is 3.66. The van der Waals surface area contributed by atoms with Gasteiger partial charge < -0.3 is 5.32 Å². The van der Waals surface area contributed by atoms with E-state index in [1.54, 1.807) is 31.0 Å². The number of aromatic nitrogens is 4. The van der Waals surface area contributed by atoms with Crippen LogP contribution in [0.5, 0.6) is 0 Å². The van der Waals surface area contributed by atoms with E-state index in [1.165, 1.54) is 0 Å². The van der Waals surface area contributed by atoms with Crippen molar-refractivity contribution >= 4 is 5.69 Å². The van der Waals surface area contributed by atoms with Crippen molar-refractivity contribution in [3.05, 3.63) is 36.7 Å². The molecule has 2 N–H and O–H groups in total. The Morgan fingerprint density at radius 2 is 2.31 bits per heavy atom. The molecule has 0 aliphatic heterocycles. The lowest BCUT2D eigenvalue weighted by atomic mass is 10.4. The predicted molar refractivity (Wildman–Crippen MR) is 47.9 cm³/mol. The smallest absolute Gasteiger partial charge is 0.0777 e. The summed E-state index contributed by atoms with van der Waals surface area (Å²) in [5.41, 5.74) is 1.86. The highest BCUT2D eigenvalue weighted by atomic mass is 15.1. The van der Waals surface area contributed by atoms with E-state index in [1.807, 2.05) is 0 Å². The SMILES string of the molecule is c1cnc(CNc2cn[nH]c2)cn1. The van der Waals surface area contributed by atoms with Crippen molar-refractivity contribution in [1.82, 2.24) is 20.2 Å². The predicted octanol–water partition coefficient (Wildman–Crippen LogP) is 0.812. The number of hydrogen-bond donors (Lipinski definition) is 2. The van der Waals surface area contributed by atoms with Crippen LogP contribution in [0.3, 0.4) is 0 Å². The Kier molecular flexibility index (Phi) is 2.18. The summed E-state index contributed by atoms with van der Waals surface area (Å²) in [7, 11) is 0. The molecule has 0 aliphatic rings. The Morgan fingerprint density at radius 3 is 3.00 bits per heavy atom. The molecule has 0 saturated carbocycles. The molecular weight excluding hydrogens is 166 g/mol. The van der Waals surface area contributed by atoms with E-state index in [2.05, 4.69) is 25.5 Å². The Labute approximate surface area is 75.2 Å². The summed E-state index contributed by atoms with van der Waals surface area (Å²) in [6, 6.07) is 0. The van der Waals surface area contributed by atoms with Gasteiger partial charge in [-0.15, -0.1) is 0 Å². The van der Waals surface area contributed by atoms with E-state index in [4.69, 9.17) is 0 Å². The van der Waals surface area contributed by atoms with Gasteiger partial charge in [0.25, 0.3) is 0 Å². The van der Waals surface area contributed by atoms with Crippen LogP contribution in [0.2, 0.25) is 0 Å². The van der Waals surface area contributed by atoms with E-state index >= 15 is 0 Å². The fourth-order valence-electron chi connectivity index (χ4n) is 0.961. The van der Waals surface area contributed by atoms with E-state index in [9.17, 15) is 0 Å².